The molecule has 23 heavy (non-hydrogen) atoms. The van der Waals surface area contributed by atoms with Crippen LogP contribution in [0.25, 0.3) is 0 Å². The molecule has 0 saturated heterocycles. The molecule has 0 heterocycles. The number of carbonyl (C=O) groups is 2. The number of phenols is 1. The molecule has 120 valence electrons. The number of ketones is 2. The third kappa shape index (κ3) is 3.42. The number of aromatic hydroxyl groups is 1. The van der Waals surface area contributed by atoms with Gasteiger partial charge >= 0.3 is 0 Å². The fraction of sp³-hybridized carbons (Fsp3) is 0.263. The number of phenolic OH excluding ortho intramolecular Hbond substituents is 1. The van der Waals surface area contributed by atoms with Crippen molar-refractivity contribution in [2.75, 3.05) is 18.0 Å². The summed E-state index contributed by atoms with van der Waals surface area (Å²) in [6, 6.07) is 11.5. The van der Waals surface area contributed by atoms with Crippen molar-refractivity contribution in [1.29, 1.82) is 0 Å². The standard InChI is InChI=1S/C19H21NO3/c1-4-20(5-2)17-11-10-14(12-16(17)13(3)21)19(23)15-8-6-7-9-18(15)22/h6-12,22H,4-5H2,1-3H3. The van der Waals surface area contributed by atoms with Crippen LogP contribution in [-0.4, -0.2) is 29.8 Å². The van der Waals surface area contributed by atoms with Gasteiger partial charge in [-0.2, -0.15) is 0 Å². The molecule has 0 aromatic heterocycles. The zero-order valence-corrected chi connectivity index (χ0v) is 13.7. The smallest absolute Gasteiger partial charge is 0.196 e. The van der Waals surface area contributed by atoms with E-state index in [-0.39, 0.29) is 22.9 Å². The molecule has 2 aromatic carbocycles. The fourth-order valence-electron chi connectivity index (χ4n) is 2.62. The first kappa shape index (κ1) is 16.7. The minimum absolute atomic E-state index is 0.0605. The van der Waals surface area contributed by atoms with Gasteiger partial charge in [0.2, 0.25) is 0 Å². The maximum Gasteiger partial charge on any atom is 0.196 e. The van der Waals surface area contributed by atoms with Gasteiger partial charge in [-0.1, -0.05) is 12.1 Å². The van der Waals surface area contributed by atoms with Gasteiger partial charge in [0.1, 0.15) is 5.75 Å². The molecule has 0 spiro atoms. The molecule has 0 aliphatic heterocycles. The predicted octanol–water partition coefficient (Wildman–Crippen LogP) is 3.67. The molecule has 0 aliphatic rings. The van der Waals surface area contributed by atoms with Gasteiger partial charge in [0.15, 0.2) is 11.6 Å². The minimum Gasteiger partial charge on any atom is -0.507 e. The third-order valence-electron chi connectivity index (χ3n) is 3.89. The summed E-state index contributed by atoms with van der Waals surface area (Å²) in [7, 11) is 0. The zero-order valence-electron chi connectivity index (χ0n) is 13.7. The number of anilines is 1. The molecular weight excluding hydrogens is 290 g/mol. The molecule has 4 heteroatoms. The Balaban J connectivity index is 2.50. The van der Waals surface area contributed by atoms with Crippen LogP contribution in [0.2, 0.25) is 0 Å². The Morgan fingerprint density at radius 1 is 1.00 bits per heavy atom. The Kier molecular flexibility index (Phi) is 5.16. The summed E-state index contributed by atoms with van der Waals surface area (Å²) in [6.45, 7) is 7.10. The van der Waals surface area contributed by atoms with E-state index < -0.39 is 0 Å². The molecule has 2 rings (SSSR count). The summed E-state index contributed by atoms with van der Waals surface area (Å²) in [5, 5.41) is 9.84. The fourth-order valence-corrected chi connectivity index (χ4v) is 2.62. The number of para-hydroxylation sites is 1. The number of rotatable bonds is 6. The molecular formula is C19H21NO3. The molecule has 4 nitrogen and oxygen atoms in total. The molecule has 0 fully saturated rings. The molecule has 0 atom stereocenters. The molecule has 0 aliphatic carbocycles. The van der Waals surface area contributed by atoms with E-state index >= 15 is 0 Å². The largest absolute Gasteiger partial charge is 0.507 e. The Morgan fingerprint density at radius 2 is 1.65 bits per heavy atom. The van der Waals surface area contributed by atoms with Crippen molar-refractivity contribution < 1.29 is 14.7 Å². The Labute approximate surface area is 136 Å². The Bertz CT molecular complexity index is 733. The van der Waals surface area contributed by atoms with Crippen LogP contribution in [0.3, 0.4) is 0 Å². The van der Waals surface area contributed by atoms with Crippen LogP contribution < -0.4 is 4.90 Å². The SMILES string of the molecule is CCN(CC)c1ccc(C(=O)c2ccccc2O)cc1C(C)=O. The third-order valence-corrected chi connectivity index (χ3v) is 3.89. The number of benzene rings is 2. The lowest BCUT2D eigenvalue weighted by Crippen LogP contribution is -2.24. The highest BCUT2D eigenvalue weighted by Gasteiger charge is 2.18. The van der Waals surface area contributed by atoms with Gasteiger partial charge < -0.3 is 10.0 Å². The van der Waals surface area contributed by atoms with Gasteiger partial charge in [-0.15, -0.1) is 0 Å². The molecule has 0 radical (unpaired) electrons. The summed E-state index contributed by atoms with van der Waals surface area (Å²) < 4.78 is 0. The second-order valence-corrected chi connectivity index (χ2v) is 5.31. The van der Waals surface area contributed by atoms with Crippen LogP contribution in [0, 0.1) is 0 Å². The van der Waals surface area contributed by atoms with Crippen molar-refractivity contribution >= 4 is 17.3 Å². The summed E-state index contributed by atoms with van der Waals surface area (Å²) in [6.07, 6.45) is 0. The minimum atomic E-state index is -0.295. The maximum absolute atomic E-state index is 12.6. The van der Waals surface area contributed by atoms with Crippen molar-refractivity contribution in [1.82, 2.24) is 0 Å². The van der Waals surface area contributed by atoms with E-state index in [1.165, 1.54) is 13.0 Å². The lowest BCUT2D eigenvalue weighted by Gasteiger charge is -2.23. The quantitative estimate of drug-likeness (QED) is 0.827. The molecule has 1 N–H and O–H groups in total. The van der Waals surface area contributed by atoms with Gasteiger partial charge in [-0.25, -0.2) is 0 Å². The summed E-state index contributed by atoms with van der Waals surface area (Å²) in [5.74, 6) is -0.440. The van der Waals surface area contributed by atoms with E-state index in [1.807, 2.05) is 13.8 Å². The van der Waals surface area contributed by atoms with Gasteiger partial charge in [-0.05, 0) is 51.1 Å². The van der Waals surface area contributed by atoms with E-state index in [9.17, 15) is 14.7 Å². The van der Waals surface area contributed by atoms with Gasteiger partial charge in [0.25, 0.3) is 0 Å². The normalized spacial score (nSPS) is 10.4. The van der Waals surface area contributed by atoms with Crippen molar-refractivity contribution in [3.63, 3.8) is 0 Å². The molecule has 0 bridgehead atoms. The van der Waals surface area contributed by atoms with Crippen LogP contribution in [0.1, 0.15) is 47.1 Å². The highest BCUT2D eigenvalue weighted by atomic mass is 16.3. The van der Waals surface area contributed by atoms with Crippen LogP contribution in [0.5, 0.6) is 5.75 Å². The summed E-state index contributed by atoms with van der Waals surface area (Å²) in [5.41, 5.74) is 1.98. The second kappa shape index (κ2) is 7.09. The van der Waals surface area contributed by atoms with E-state index in [0.29, 0.717) is 11.1 Å². The zero-order chi connectivity index (χ0) is 17.0. The van der Waals surface area contributed by atoms with E-state index in [2.05, 4.69) is 4.90 Å². The van der Waals surface area contributed by atoms with Crippen molar-refractivity contribution in [3.8, 4) is 5.75 Å². The second-order valence-electron chi connectivity index (χ2n) is 5.31. The Hall–Kier alpha value is -2.62. The summed E-state index contributed by atoms with van der Waals surface area (Å²) >= 11 is 0. The van der Waals surface area contributed by atoms with E-state index in [1.54, 1.807) is 36.4 Å². The lowest BCUT2D eigenvalue weighted by molar-refractivity contribution is 0.101. The molecule has 2 aromatic rings. The highest BCUT2D eigenvalue weighted by molar-refractivity contribution is 6.12. The molecule has 0 unspecified atom stereocenters. The van der Waals surface area contributed by atoms with Crippen LogP contribution in [0.4, 0.5) is 5.69 Å². The van der Waals surface area contributed by atoms with E-state index in [0.717, 1.165) is 18.8 Å². The first-order valence-electron chi connectivity index (χ1n) is 7.72. The number of nitrogens with zero attached hydrogens (tertiary/aromatic N) is 1. The highest BCUT2D eigenvalue weighted by Crippen LogP contribution is 2.26. The summed E-state index contributed by atoms with van der Waals surface area (Å²) in [4.78, 5) is 26.6. The van der Waals surface area contributed by atoms with Crippen molar-refractivity contribution in [2.24, 2.45) is 0 Å². The Morgan fingerprint density at radius 3 is 2.22 bits per heavy atom. The number of hydrogen-bond donors (Lipinski definition) is 1. The predicted molar refractivity (Wildman–Crippen MR) is 91.5 cm³/mol. The lowest BCUT2D eigenvalue weighted by atomic mass is 9.98. The van der Waals surface area contributed by atoms with Crippen LogP contribution in [-0.2, 0) is 0 Å². The molecule has 0 saturated carbocycles. The monoisotopic (exact) mass is 311 g/mol. The van der Waals surface area contributed by atoms with Gasteiger partial charge in [-0.3, -0.25) is 9.59 Å². The molecule has 0 amide bonds. The maximum atomic E-state index is 12.6. The van der Waals surface area contributed by atoms with Crippen molar-refractivity contribution in [2.45, 2.75) is 20.8 Å². The first-order chi connectivity index (χ1) is 11.0. The van der Waals surface area contributed by atoms with Crippen molar-refractivity contribution in [3.05, 3.63) is 59.2 Å². The number of Topliss-reactive ketones (excluding diaryl/α,β-unsaturated/α-hetero) is 1. The van der Waals surface area contributed by atoms with Crippen LogP contribution >= 0.6 is 0 Å². The first-order valence-corrected chi connectivity index (χ1v) is 7.72. The average molecular weight is 311 g/mol. The van der Waals surface area contributed by atoms with E-state index in [4.69, 9.17) is 0 Å². The van der Waals surface area contributed by atoms with Gasteiger partial charge in [0.05, 0.1) is 5.56 Å². The van der Waals surface area contributed by atoms with Crippen LogP contribution in [0.15, 0.2) is 42.5 Å². The number of hydrogen-bond acceptors (Lipinski definition) is 4. The van der Waals surface area contributed by atoms with Gasteiger partial charge in [0, 0.05) is 29.9 Å². The topological polar surface area (TPSA) is 57.6 Å². The average Bonchev–Trinajstić information content (AvgIpc) is 2.56. The number of carbonyl (C=O) groups excluding carboxylic acids is 2.